The van der Waals surface area contributed by atoms with Gasteiger partial charge in [-0.15, -0.1) is 0 Å². The molecule has 18 heavy (non-hydrogen) atoms. The van der Waals surface area contributed by atoms with Crippen LogP contribution in [-0.2, 0) is 0 Å². The van der Waals surface area contributed by atoms with Crippen molar-refractivity contribution in [3.8, 4) is 11.5 Å². The number of hydrogen-bond donors (Lipinski definition) is 0. The van der Waals surface area contributed by atoms with Crippen LogP contribution in [0.5, 0.6) is 0 Å². The average Bonchev–Trinajstić information content (AvgIpc) is 2.81. The Labute approximate surface area is 102 Å². The zero-order valence-electron chi connectivity index (χ0n) is 9.26. The minimum absolute atomic E-state index is 0.360. The first-order chi connectivity index (χ1) is 8.76. The molecule has 0 saturated carbocycles. The van der Waals surface area contributed by atoms with Gasteiger partial charge < -0.3 is 4.42 Å². The number of halogens is 1. The Balaban J connectivity index is 2.10. The molecule has 0 radical (unpaired) electrons. The van der Waals surface area contributed by atoms with Crippen LogP contribution < -0.4 is 0 Å². The fourth-order valence-electron chi connectivity index (χ4n) is 1.73. The van der Waals surface area contributed by atoms with Gasteiger partial charge in [-0.25, -0.2) is 9.37 Å². The lowest BCUT2D eigenvalue weighted by atomic mass is 10.1. The maximum Gasteiger partial charge on any atom is 0.227 e. The largest absolute Gasteiger partial charge is 0.436 e. The van der Waals surface area contributed by atoms with Crippen LogP contribution in [0.1, 0.15) is 10.4 Å². The fraction of sp³-hybridized carbons (Fsp3) is 0. The van der Waals surface area contributed by atoms with Gasteiger partial charge in [0.1, 0.15) is 17.6 Å². The van der Waals surface area contributed by atoms with E-state index in [0.717, 1.165) is 11.8 Å². The van der Waals surface area contributed by atoms with Crippen LogP contribution in [0.3, 0.4) is 0 Å². The van der Waals surface area contributed by atoms with Crippen molar-refractivity contribution in [3.05, 3.63) is 53.8 Å². The summed E-state index contributed by atoms with van der Waals surface area (Å²) in [5.74, 6) is 0.0505. The van der Waals surface area contributed by atoms with E-state index in [1.54, 1.807) is 30.3 Å². The van der Waals surface area contributed by atoms with Crippen molar-refractivity contribution in [1.82, 2.24) is 4.98 Å². The van der Waals surface area contributed by atoms with E-state index >= 15 is 0 Å². The lowest BCUT2D eigenvalue weighted by Gasteiger charge is -1.94. The number of hydrogen-bond acceptors (Lipinski definition) is 3. The van der Waals surface area contributed by atoms with E-state index in [1.807, 2.05) is 0 Å². The number of oxazole rings is 1. The predicted octanol–water partition coefficient (Wildman–Crippen LogP) is 3.45. The molecule has 2 aromatic carbocycles. The zero-order valence-corrected chi connectivity index (χ0v) is 9.26. The summed E-state index contributed by atoms with van der Waals surface area (Å²) in [7, 11) is 0. The Morgan fingerprint density at radius 1 is 1.11 bits per heavy atom. The SMILES string of the molecule is O=Cc1ccc(-c2nc3ccc(F)cc3o2)cc1. The predicted molar refractivity (Wildman–Crippen MR) is 64.8 cm³/mol. The van der Waals surface area contributed by atoms with Crippen molar-refractivity contribution >= 4 is 17.4 Å². The number of rotatable bonds is 2. The van der Waals surface area contributed by atoms with Gasteiger partial charge in [-0.3, -0.25) is 4.79 Å². The Kier molecular flexibility index (Phi) is 2.41. The van der Waals surface area contributed by atoms with Crippen LogP contribution in [0.25, 0.3) is 22.6 Å². The molecule has 3 nitrogen and oxygen atoms in total. The van der Waals surface area contributed by atoms with Gasteiger partial charge in [0.05, 0.1) is 0 Å². The highest BCUT2D eigenvalue weighted by Gasteiger charge is 2.08. The third-order valence-electron chi connectivity index (χ3n) is 2.64. The van der Waals surface area contributed by atoms with E-state index < -0.39 is 0 Å². The van der Waals surface area contributed by atoms with E-state index in [9.17, 15) is 9.18 Å². The molecule has 4 heteroatoms. The average molecular weight is 241 g/mol. The number of carbonyl (C=O) groups is 1. The summed E-state index contributed by atoms with van der Waals surface area (Å²) in [5, 5.41) is 0. The lowest BCUT2D eigenvalue weighted by molar-refractivity contribution is 0.112. The van der Waals surface area contributed by atoms with Crippen molar-refractivity contribution in [3.63, 3.8) is 0 Å². The van der Waals surface area contributed by atoms with E-state index in [4.69, 9.17) is 4.42 Å². The van der Waals surface area contributed by atoms with Crippen molar-refractivity contribution in [1.29, 1.82) is 0 Å². The second-order valence-corrected chi connectivity index (χ2v) is 3.87. The van der Waals surface area contributed by atoms with Crippen LogP contribution in [0.15, 0.2) is 46.9 Å². The standard InChI is InChI=1S/C14H8FNO2/c15-11-5-6-12-13(7-11)18-14(16-12)10-3-1-9(8-17)2-4-10/h1-8H. The van der Waals surface area contributed by atoms with E-state index in [1.165, 1.54) is 12.1 Å². The summed E-state index contributed by atoms with van der Waals surface area (Å²) >= 11 is 0. The number of aldehydes is 1. The highest BCUT2D eigenvalue weighted by molar-refractivity contribution is 5.78. The van der Waals surface area contributed by atoms with Crippen molar-refractivity contribution < 1.29 is 13.6 Å². The number of aromatic nitrogens is 1. The Morgan fingerprint density at radius 3 is 2.61 bits per heavy atom. The van der Waals surface area contributed by atoms with Gasteiger partial charge in [0, 0.05) is 17.2 Å². The summed E-state index contributed by atoms with van der Waals surface area (Å²) in [5.41, 5.74) is 2.34. The molecule has 0 N–H and O–H groups in total. The van der Waals surface area contributed by atoms with Crippen molar-refractivity contribution in [2.24, 2.45) is 0 Å². The van der Waals surface area contributed by atoms with E-state index in [0.29, 0.717) is 22.6 Å². The molecule has 1 aromatic heterocycles. The van der Waals surface area contributed by atoms with Crippen LogP contribution in [0.2, 0.25) is 0 Å². The molecule has 0 atom stereocenters. The quantitative estimate of drug-likeness (QED) is 0.645. The summed E-state index contributed by atoms with van der Waals surface area (Å²) in [6.07, 6.45) is 0.769. The van der Waals surface area contributed by atoms with Gasteiger partial charge in [0.25, 0.3) is 0 Å². The maximum absolute atomic E-state index is 13.0. The van der Waals surface area contributed by atoms with E-state index in [2.05, 4.69) is 4.98 Å². The topological polar surface area (TPSA) is 43.1 Å². The zero-order chi connectivity index (χ0) is 12.5. The number of benzene rings is 2. The van der Waals surface area contributed by atoms with Gasteiger partial charge >= 0.3 is 0 Å². The van der Waals surface area contributed by atoms with Crippen LogP contribution in [0, 0.1) is 5.82 Å². The molecule has 0 amide bonds. The third kappa shape index (κ3) is 1.78. The molecule has 1 heterocycles. The number of nitrogens with zero attached hydrogens (tertiary/aromatic N) is 1. The third-order valence-corrected chi connectivity index (χ3v) is 2.64. The van der Waals surface area contributed by atoms with Crippen molar-refractivity contribution in [2.45, 2.75) is 0 Å². The molecule has 0 aliphatic rings. The molecule has 0 spiro atoms. The summed E-state index contributed by atoms with van der Waals surface area (Å²) in [6.45, 7) is 0. The molecule has 0 aliphatic heterocycles. The molecule has 0 bridgehead atoms. The van der Waals surface area contributed by atoms with Gasteiger partial charge in [-0.1, -0.05) is 12.1 Å². The van der Waals surface area contributed by atoms with Gasteiger partial charge in [-0.05, 0) is 24.3 Å². The molecule has 0 unspecified atom stereocenters. The Hall–Kier alpha value is -2.49. The second kappa shape index (κ2) is 4.07. The molecule has 88 valence electrons. The maximum atomic E-state index is 13.0. The number of fused-ring (bicyclic) bond motifs is 1. The summed E-state index contributed by atoms with van der Waals surface area (Å²) < 4.78 is 18.5. The minimum Gasteiger partial charge on any atom is -0.436 e. The molecule has 0 fully saturated rings. The molecule has 3 aromatic rings. The minimum atomic E-state index is -0.360. The monoisotopic (exact) mass is 241 g/mol. The van der Waals surface area contributed by atoms with E-state index in [-0.39, 0.29) is 5.82 Å². The summed E-state index contributed by atoms with van der Waals surface area (Å²) in [4.78, 5) is 14.8. The molecule has 0 aliphatic carbocycles. The first kappa shape index (κ1) is 10.7. The molecular weight excluding hydrogens is 233 g/mol. The fourth-order valence-corrected chi connectivity index (χ4v) is 1.73. The normalized spacial score (nSPS) is 10.7. The molecule has 0 saturated heterocycles. The summed E-state index contributed by atoms with van der Waals surface area (Å²) in [6, 6.07) is 11.0. The highest BCUT2D eigenvalue weighted by atomic mass is 19.1. The Bertz CT molecular complexity index is 716. The van der Waals surface area contributed by atoms with Gasteiger partial charge in [0.15, 0.2) is 5.58 Å². The second-order valence-electron chi connectivity index (χ2n) is 3.87. The molecule has 3 rings (SSSR count). The smallest absolute Gasteiger partial charge is 0.227 e. The van der Waals surface area contributed by atoms with Crippen LogP contribution in [0.4, 0.5) is 4.39 Å². The lowest BCUT2D eigenvalue weighted by Crippen LogP contribution is -1.80. The van der Waals surface area contributed by atoms with Gasteiger partial charge in [-0.2, -0.15) is 0 Å². The van der Waals surface area contributed by atoms with Crippen molar-refractivity contribution in [2.75, 3.05) is 0 Å². The molecular formula is C14H8FNO2. The van der Waals surface area contributed by atoms with Crippen LogP contribution >= 0.6 is 0 Å². The Morgan fingerprint density at radius 2 is 1.89 bits per heavy atom. The first-order valence-electron chi connectivity index (χ1n) is 5.38. The highest BCUT2D eigenvalue weighted by Crippen LogP contribution is 2.24. The van der Waals surface area contributed by atoms with Crippen LogP contribution in [-0.4, -0.2) is 11.3 Å². The number of carbonyl (C=O) groups excluding carboxylic acids is 1. The van der Waals surface area contributed by atoms with Gasteiger partial charge in [0.2, 0.25) is 5.89 Å². The first-order valence-corrected chi connectivity index (χ1v) is 5.38.